The minimum Gasteiger partial charge on any atom is -0.353 e. The highest BCUT2D eigenvalue weighted by atomic mass is 32.2. The lowest BCUT2D eigenvalue weighted by Crippen LogP contribution is -2.53. The maximum Gasteiger partial charge on any atom is 0.240 e. The van der Waals surface area contributed by atoms with Crippen molar-refractivity contribution in [3.05, 3.63) is 0 Å². The maximum absolute atomic E-state index is 12.0. The van der Waals surface area contributed by atoms with Crippen molar-refractivity contribution in [1.82, 2.24) is 10.6 Å². The molecule has 1 rings (SSSR count). The highest BCUT2D eigenvalue weighted by molar-refractivity contribution is 7.99. The monoisotopic (exact) mass is 230 g/mol. The second kappa shape index (κ2) is 5.75. The van der Waals surface area contributed by atoms with Gasteiger partial charge in [-0.1, -0.05) is 13.8 Å². The third-order valence-corrected chi connectivity index (χ3v) is 4.21. The Morgan fingerprint density at radius 2 is 2.40 bits per heavy atom. The number of hydrogen-bond acceptors (Lipinski definition) is 3. The first-order chi connectivity index (χ1) is 7.14. The van der Waals surface area contributed by atoms with Gasteiger partial charge >= 0.3 is 0 Å². The zero-order valence-corrected chi connectivity index (χ0v) is 10.7. The lowest BCUT2D eigenvalue weighted by molar-refractivity contribution is -0.127. The van der Waals surface area contributed by atoms with Crippen LogP contribution in [0.4, 0.5) is 0 Å². The fraction of sp³-hybridized carbons (Fsp3) is 0.909. The number of amides is 1. The Labute approximate surface area is 96.8 Å². The van der Waals surface area contributed by atoms with Crippen LogP contribution in [-0.2, 0) is 4.79 Å². The third-order valence-electron chi connectivity index (χ3n) is 3.23. The molecule has 0 spiro atoms. The molecule has 0 aromatic rings. The molecule has 1 aliphatic heterocycles. The molecule has 4 heteroatoms. The molecule has 0 bridgehead atoms. The van der Waals surface area contributed by atoms with Crippen LogP contribution in [0.5, 0.6) is 0 Å². The lowest BCUT2D eigenvalue weighted by atomic mass is 9.93. The van der Waals surface area contributed by atoms with Gasteiger partial charge in [0.15, 0.2) is 0 Å². The van der Waals surface area contributed by atoms with Crippen molar-refractivity contribution >= 4 is 17.7 Å². The summed E-state index contributed by atoms with van der Waals surface area (Å²) in [5.41, 5.74) is -0.280. The Morgan fingerprint density at radius 1 is 1.67 bits per heavy atom. The lowest BCUT2D eigenvalue weighted by Gasteiger charge is -2.27. The van der Waals surface area contributed by atoms with Gasteiger partial charge in [0.2, 0.25) is 5.91 Å². The summed E-state index contributed by atoms with van der Waals surface area (Å²) in [7, 11) is 0. The van der Waals surface area contributed by atoms with Crippen LogP contribution in [0, 0.1) is 0 Å². The zero-order chi connectivity index (χ0) is 11.3. The van der Waals surface area contributed by atoms with Gasteiger partial charge in [-0.2, -0.15) is 11.8 Å². The molecule has 3 nitrogen and oxygen atoms in total. The fourth-order valence-electron chi connectivity index (χ4n) is 1.95. The standard InChI is InChI=1S/C11H22N2OS/c1-4-11(6-5-7-13-11)10(14)12-8-9(2)15-3/h9,13H,4-8H2,1-3H3,(H,12,14). The Hall–Kier alpha value is -0.220. The van der Waals surface area contributed by atoms with Gasteiger partial charge in [-0.25, -0.2) is 0 Å². The van der Waals surface area contributed by atoms with E-state index in [0.29, 0.717) is 5.25 Å². The van der Waals surface area contributed by atoms with Crippen LogP contribution in [0.15, 0.2) is 0 Å². The normalized spacial score (nSPS) is 27.7. The van der Waals surface area contributed by atoms with Crippen LogP contribution in [0.3, 0.4) is 0 Å². The van der Waals surface area contributed by atoms with Crippen LogP contribution in [0.1, 0.15) is 33.1 Å². The zero-order valence-electron chi connectivity index (χ0n) is 9.93. The second-order valence-electron chi connectivity index (χ2n) is 4.22. The average Bonchev–Trinajstić information content (AvgIpc) is 2.75. The molecule has 2 unspecified atom stereocenters. The minimum absolute atomic E-state index is 0.184. The highest BCUT2D eigenvalue weighted by Crippen LogP contribution is 2.23. The first-order valence-corrected chi connectivity index (χ1v) is 6.99. The smallest absolute Gasteiger partial charge is 0.240 e. The molecule has 0 aliphatic carbocycles. The molecule has 1 aliphatic rings. The third kappa shape index (κ3) is 3.11. The molecular weight excluding hydrogens is 208 g/mol. The van der Waals surface area contributed by atoms with Gasteiger partial charge in [0.1, 0.15) is 0 Å². The van der Waals surface area contributed by atoms with Gasteiger partial charge in [-0.3, -0.25) is 4.79 Å². The summed E-state index contributed by atoms with van der Waals surface area (Å²) in [5, 5.41) is 6.88. The minimum atomic E-state index is -0.280. The SMILES string of the molecule is CCC1(C(=O)NCC(C)SC)CCCN1. The second-order valence-corrected chi connectivity index (χ2v) is 5.50. The predicted molar refractivity (Wildman–Crippen MR) is 66.2 cm³/mol. The quantitative estimate of drug-likeness (QED) is 0.750. The summed E-state index contributed by atoms with van der Waals surface area (Å²) in [6.07, 6.45) is 5.04. The summed E-state index contributed by atoms with van der Waals surface area (Å²) in [5.74, 6) is 0.184. The van der Waals surface area contributed by atoms with Crippen molar-refractivity contribution in [3.63, 3.8) is 0 Å². The van der Waals surface area contributed by atoms with E-state index in [1.165, 1.54) is 0 Å². The number of hydrogen-bond donors (Lipinski definition) is 2. The van der Waals surface area contributed by atoms with Crippen molar-refractivity contribution < 1.29 is 4.79 Å². The Kier molecular flexibility index (Phi) is 4.93. The van der Waals surface area contributed by atoms with Gasteiger partial charge in [-0.05, 0) is 32.1 Å². The average molecular weight is 230 g/mol. The number of nitrogens with one attached hydrogen (secondary N) is 2. The maximum atomic E-state index is 12.0. The molecule has 0 radical (unpaired) electrons. The summed E-state index contributed by atoms with van der Waals surface area (Å²) in [6, 6.07) is 0. The Balaban J connectivity index is 2.44. The van der Waals surface area contributed by atoms with Crippen molar-refractivity contribution in [2.75, 3.05) is 19.3 Å². The largest absolute Gasteiger partial charge is 0.353 e. The van der Waals surface area contributed by atoms with Crippen LogP contribution < -0.4 is 10.6 Å². The van der Waals surface area contributed by atoms with E-state index in [2.05, 4.69) is 30.7 Å². The first kappa shape index (κ1) is 12.8. The van der Waals surface area contributed by atoms with E-state index in [4.69, 9.17) is 0 Å². The number of thioether (sulfide) groups is 1. The highest BCUT2D eigenvalue weighted by Gasteiger charge is 2.38. The molecule has 1 amide bonds. The van der Waals surface area contributed by atoms with Crippen molar-refractivity contribution in [1.29, 1.82) is 0 Å². The molecule has 1 heterocycles. The Morgan fingerprint density at radius 3 is 2.87 bits per heavy atom. The number of carbonyl (C=O) groups is 1. The van der Waals surface area contributed by atoms with E-state index < -0.39 is 0 Å². The molecule has 1 fully saturated rings. The molecular formula is C11H22N2OS. The van der Waals surface area contributed by atoms with Crippen LogP contribution in [-0.4, -0.2) is 36.0 Å². The summed E-state index contributed by atoms with van der Waals surface area (Å²) >= 11 is 1.78. The van der Waals surface area contributed by atoms with E-state index >= 15 is 0 Å². The molecule has 0 saturated carbocycles. The van der Waals surface area contributed by atoms with E-state index in [1.807, 2.05) is 0 Å². The van der Waals surface area contributed by atoms with Crippen molar-refractivity contribution in [2.45, 2.75) is 43.9 Å². The van der Waals surface area contributed by atoms with E-state index in [0.717, 1.165) is 32.4 Å². The van der Waals surface area contributed by atoms with Crippen molar-refractivity contribution in [2.24, 2.45) is 0 Å². The molecule has 88 valence electrons. The van der Waals surface area contributed by atoms with Gasteiger partial charge in [0.05, 0.1) is 5.54 Å². The molecule has 0 aromatic heterocycles. The molecule has 2 atom stereocenters. The van der Waals surface area contributed by atoms with Crippen LogP contribution >= 0.6 is 11.8 Å². The molecule has 2 N–H and O–H groups in total. The number of rotatable bonds is 5. The summed E-state index contributed by atoms with van der Waals surface area (Å²) in [4.78, 5) is 12.0. The van der Waals surface area contributed by atoms with Crippen LogP contribution in [0.2, 0.25) is 0 Å². The van der Waals surface area contributed by atoms with Gasteiger partial charge in [0, 0.05) is 11.8 Å². The molecule has 15 heavy (non-hydrogen) atoms. The van der Waals surface area contributed by atoms with Gasteiger partial charge in [0.25, 0.3) is 0 Å². The van der Waals surface area contributed by atoms with E-state index in [9.17, 15) is 4.79 Å². The van der Waals surface area contributed by atoms with E-state index in [1.54, 1.807) is 11.8 Å². The predicted octanol–water partition coefficient (Wildman–Crippen LogP) is 1.39. The van der Waals surface area contributed by atoms with Gasteiger partial charge in [-0.15, -0.1) is 0 Å². The molecule has 1 saturated heterocycles. The van der Waals surface area contributed by atoms with Gasteiger partial charge < -0.3 is 10.6 Å². The summed E-state index contributed by atoms with van der Waals surface area (Å²) < 4.78 is 0. The molecule has 0 aromatic carbocycles. The van der Waals surface area contributed by atoms with E-state index in [-0.39, 0.29) is 11.4 Å². The topological polar surface area (TPSA) is 41.1 Å². The number of carbonyl (C=O) groups excluding carboxylic acids is 1. The van der Waals surface area contributed by atoms with Crippen LogP contribution in [0.25, 0.3) is 0 Å². The van der Waals surface area contributed by atoms with Crippen molar-refractivity contribution in [3.8, 4) is 0 Å². The Bertz CT molecular complexity index is 215. The fourth-order valence-corrected chi connectivity index (χ4v) is 2.20. The summed E-state index contributed by atoms with van der Waals surface area (Å²) in [6.45, 7) is 5.95. The first-order valence-electron chi connectivity index (χ1n) is 5.70.